The molecule has 51 heteroatoms. The molecule has 0 bridgehead atoms. The number of rotatable bonds is 29. The maximum atomic E-state index is 13.9. The van der Waals surface area contributed by atoms with Crippen molar-refractivity contribution < 1.29 is 119 Å². The Balaban J connectivity index is 0.000000845. The zero-order valence-corrected chi connectivity index (χ0v) is 93.8. The molecule has 147 heavy (non-hydrogen) atoms. The number of ketones is 1. The first kappa shape index (κ1) is 135. The number of hydrogen-bond acceptors (Lipinski definition) is 30. The molecule has 3 saturated heterocycles. The number of hydrogen-bond donors (Lipinski definition) is 11. The normalized spacial score (nSPS) is 14.1. The summed E-state index contributed by atoms with van der Waals surface area (Å²) in [6.45, 7) is 35.8. The SMILES string of the molecule is C1CCOC1.C=[C](OCC)[Sn]([CH2]CCC)([CH2]CCC)[CH2]CCC.CC(=O)c1cc(F)c(F)cc1N.CCC(C)(O)c1cc(F)c(F)cc1N.CCC(C)(O)c1cc(F)c(F)cc1Nc1ncnc(Cl)n1.CCC(C)(O)c1cc(F)c(F)cc1Nc1ncnc(Nc2cc([N+](=O)[O-])c(F)cc2OC)n1.CN1C[C@H]2CCN[C@H]2C1.COc1cc(F)c([N+](=O)[O-])cc1N.Clc1ncnc(Cl)n1.Nc1cc(F)c(F)cc1Br.[Br-].[CH2-]C.[Mg+2]. The Morgan fingerprint density at radius 3 is 1.30 bits per heavy atom. The molecule has 0 saturated carbocycles. The molecule has 3 fully saturated rings. The number of Topliss-reactive ketones (excluding diaryl/α,β-unsaturated/α-hetero) is 1. The molecule has 3 aliphatic heterocycles. The molecule has 5 atom stereocenters. The number of nitro groups is 2. The number of methoxy groups -OCH3 is 2. The quantitative estimate of drug-likeness (QED) is 0.00239. The fourth-order valence-corrected chi connectivity index (χ4v) is 29.0. The van der Waals surface area contributed by atoms with Gasteiger partial charge in [0, 0.05) is 131 Å². The summed E-state index contributed by atoms with van der Waals surface area (Å²) in [5.74, 6) is -11.9. The number of nitrogens with two attached hydrogens (primary N) is 4. The van der Waals surface area contributed by atoms with Crippen LogP contribution in [0.5, 0.6) is 11.5 Å². The summed E-state index contributed by atoms with van der Waals surface area (Å²) in [6, 6.07) is 13.3. The standard InChI is InChI=1S/C20H19F3N6O4.C13H13ClF2N4O.C10H13F2NO.C8H7F2NO.C7H7FN2O3.C7H14N2.C6H4BrF2N.C4H8O.C4H7O.3C4H9.C3HCl2N3.C2H5.BrH.Mg.Sn/c1-4-20(2,30)10-5-11(21)12(22)6-14(10)26-18-24-9-25-19(28-18)27-15-8-16(29(31)32)13(23)7-17(15)33-3;1-3-13(2,21)7-4-8(15)9(16)5-10(7)19-12-18-6-17-11(14)20-12;1-3-10(2,14)6-4-7(11)8(12)5-9(6)13;1-4(12)5-2-6(9)7(10)3-8(5)11;1-13-7-2-4(8)6(10(11)12)3-5(7)9;1-9-4-6-2-3-8-7(6)5-9;7-3-1-4(8)5(9)2-6(3)10;1-2-4-5-3-1;1-3-5-4-2;3*1-3-4-2;4-2-6-1-7-3(5)8-2;1-2;;;/h5-9,30H,4H2,1-3H3,(H2,24,25,26,27,28);4-6,21H,3H2,1-2H3,(H,17,18,19,20);4-5,14H,3,13H2,1-2H3;2-3H,11H2,1H3;2-3H,9H2,1H3;6-8H,2-5H2,1H3;1-2H,10H2;1-4H2;1,4H2,2H3;3*1,3-4H2,2H3;1H;1H2,2H3;1H;;/q;;;;;;;;;;;;;-1;;+2;/p-1/t;;;;;6-,7+;;;;;;;;;;;/m.....1.........../s1. The van der Waals surface area contributed by atoms with E-state index in [1.54, 1.807) is 27.7 Å². The second kappa shape index (κ2) is 67.3. The number of nitro benzene ring substituents is 2. The van der Waals surface area contributed by atoms with Gasteiger partial charge in [0.25, 0.3) is 0 Å². The smallest absolute Gasteiger partial charge is 1.00 e. The number of ether oxygens (including phenoxy) is 4. The first-order valence-corrected chi connectivity index (χ1v) is 54.9. The van der Waals surface area contributed by atoms with Crippen LogP contribution in [0.2, 0.25) is 29.2 Å². The minimum Gasteiger partial charge on any atom is -1.00 e. The van der Waals surface area contributed by atoms with Crippen LogP contribution in [-0.4, -0.2) is 189 Å². The topological polar surface area (TPSA) is 472 Å². The van der Waals surface area contributed by atoms with Crippen LogP contribution in [0.3, 0.4) is 0 Å². The summed E-state index contributed by atoms with van der Waals surface area (Å²) in [5, 5.41) is 63.8. The van der Waals surface area contributed by atoms with Crippen molar-refractivity contribution in [3.63, 3.8) is 0 Å². The number of carbonyl (C=O) groups is 1. The van der Waals surface area contributed by atoms with Gasteiger partial charge in [-0.05, 0) is 167 Å². The zero-order valence-electron chi connectivity index (χ0n) is 84.1. The number of anilines is 10. The Labute approximate surface area is 900 Å². The van der Waals surface area contributed by atoms with Crippen molar-refractivity contribution in [2.75, 3.05) is 99.6 Å². The van der Waals surface area contributed by atoms with Crippen LogP contribution >= 0.6 is 50.7 Å². The average Bonchev–Trinajstić information content (AvgIpc) is 1.67. The number of carbonyl (C=O) groups excluding carboxylic acids is 1. The van der Waals surface area contributed by atoms with E-state index < -0.39 is 126 Å². The van der Waals surface area contributed by atoms with Crippen molar-refractivity contribution in [2.24, 2.45) is 5.92 Å². The maximum absolute atomic E-state index is 13.9. The fraction of sp³-hybridized carbons (Fsp3) is 0.427. The third kappa shape index (κ3) is 44.7. The predicted octanol–water partition coefficient (Wildman–Crippen LogP) is 20.3. The number of aromatic nitrogens is 9. The van der Waals surface area contributed by atoms with Crippen LogP contribution in [0, 0.1) is 103 Å². The van der Waals surface area contributed by atoms with Crippen LogP contribution < -0.4 is 70.7 Å². The van der Waals surface area contributed by atoms with Gasteiger partial charge in [0.1, 0.15) is 30.5 Å². The molecule has 10 aromatic rings. The van der Waals surface area contributed by atoms with Crippen LogP contribution in [0.25, 0.3) is 0 Å². The molecule has 0 radical (unpaired) electrons. The first-order valence-electron chi connectivity index (χ1n) is 45.5. The molecule has 3 aliphatic rings. The Hall–Kier alpha value is -9.91. The largest absolute Gasteiger partial charge is 2.00 e. The molecule has 3 unspecified atom stereocenters. The van der Waals surface area contributed by atoms with Crippen molar-refractivity contribution in [3.8, 4) is 11.5 Å². The van der Waals surface area contributed by atoms with Crippen molar-refractivity contribution in [3.05, 3.63) is 254 Å². The van der Waals surface area contributed by atoms with Crippen molar-refractivity contribution in [1.29, 1.82) is 0 Å². The van der Waals surface area contributed by atoms with Crippen LogP contribution in [0.15, 0.2) is 119 Å². The van der Waals surface area contributed by atoms with Gasteiger partial charge in [0.2, 0.25) is 45.3 Å². The third-order valence-corrected chi connectivity index (χ3v) is 38.4. The average molecular weight is 2390 g/mol. The number of nitrogens with zero attached hydrogens (tertiary/aromatic N) is 12. The molecule has 0 amide bonds. The number of halogens is 17. The van der Waals surface area contributed by atoms with E-state index in [2.05, 4.69) is 140 Å². The van der Waals surface area contributed by atoms with Gasteiger partial charge in [-0.15, -0.1) is 0 Å². The van der Waals surface area contributed by atoms with Gasteiger partial charge in [0.15, 0.2) is 64.0 Å². The van der Waals surface area contributed by atoms with E-state index in [1.807, 2.05) is 0 Å². The number of nitrogens with one attached hydrogen (secondary N) is 4. The maximum Gasteiger partial charge on any atom is 2.00 e. The Morgan fingerprint density at radius 1 is 0.537 bits per heavy atom. The van der Waals surface area contributed by atoms with Gasteiger partial charge >= 0.3 is 154 Å². The zero-order chi connectivity index (χ0) is 110. The van der Waals surface area contributed by atoms with E-state index in [0.717, 1.165) is 123 Å². The molecule has 6 heterocycles. The molecule has 0 spiro atoms. The van der Waals surface area contributed by atoms with Gasteiger partial charge in [0.05, 0.1) is 63.6 Å². The number of fused-ring (bicyclic) bond motifs is 1. The van der Waals surface area contributed by atoms with E-state index in [9.17, 15) is 93.0 Å². The second-order valence-electron chi connectivity index (χ2n) is 32.8. The van der Waals surface area contributed by atoms with Gasteiger partial charge < -0.3 is 103 Å². The van der Waals surface area contributed by atoms with E-state index in [-0.39, 0.29) is 159 Å². The fourth-order valence-electron chi connectivity index (χ4n) is 13.6. The van der Waals surface area contributed by atoms with Gasteiger partial charge in [-0.1, -0.05) is 20.8 Å². The van der Waals surface area contributed by atoms with E-state index in [1.165, 1.54) is 149 Å². The number of likely N-dealkylation sites (N-methyl/N-ethyl adjacent to an activating group) is 1. The molecular formula is C96H125Br2Cl3F12MgN20O12Sn. The van der Waals surface area contributed by atoms with Gasteiger partial charge in [-0.3, -0.25) is 25.0 Å². The second-order valence-corrected chi connectivity index (χ2v) is 47.9. The van der Waals surface area contributed by atoms with Crippen molar-refractivity contribution in [2.45, 2.75) is 196 Å². The predicted molar refractivity (Wildman–Crippen MR) is 550 cm³/mol. The number of unbranched alkanes of at least 4 members (excludes halogenated alkanes) is 3. The van der Waals surface area contributed by atoms with Crippen LogP contribution in [0.1, 0.15) is 187 Å². The minimum absolute atomic E-state index is 0. The minimum atomic E-state index is -2.24. The number of nitrogen functional groups attached to an aromatic ring is 4. The van der Waals surface area contributed by atoms with E-state index in [0.29, 0.717) is 17.3 Å². The van der Waals surface area contributed by atoms with Crippen LogP contribution in [-0.2, 0) is 26.3 Å². The molecule has 0 aliphatic carbocycles. The number of benzene rings is 7. The molecule has 32 nitrogen and oxygen atoms in total. The van der Waals surface area contributed by atoms with Gasteiger partial charge in [-0.2, -0.15) is 30.7 Å². The summed E-state index contributed by atoms with van der Waals surface area (Å²) in [6.07, 6.45) is 16.5. The molecule has 15 N–H and O–H groups in total. The Kier molecular flexibility index (Phi) is 61.9. The monoisotopic (exact) mass is 2380 g/mol. The first-order chi connectivity index (χ1) is 68.3. The molecule has 3 aromatic heterocycles. The van der Waals surface area contributed by atoms with Crippen molar-refractivity contribution in [1.82, 2.24) is 55.1 Å². The molecule has 806 valence electrons. The summed E-state index contributed by atoms with van der Waals surface area (Å²) < 4.78 is 183. The summed E-state index contributed by atoms with van der Waals surface area (Å²) in [4.78, 5) is 66.3. The number of aliphatic hydroxyl groups is 3. The summed E-state index contributed by atoms with van der Waals surface area (Å²) >= 11 is 16.9. The Bertz CT molecular complexity index is 5750. The number of likely N-dealkylation sites (tertiary alicyclic amines) is 1. The van der Waals surface area contributed by atoms with E-state index >= 15 is 0 Å². The van der Waals surface area contributed by atoms with Crippen LogP contribution in [0.4, 0.5) is 122 Å². The van der Waals surface area contributed by atoms with Crippen molar-refractivity contribution >= 4 is 167 Å². The molecule has 7 aromatic carbocycles. The molecule has 13 rings (SSSR count). The third-order valence-electron chi connectivity index (χ3n) is 22.2. The molecular weight excluding hydrogens is 2260 g/mol. The Morgan fingerprint density at radius 2 is 0.912 bits per heavy atom. The van der Waals surface area contributed by atoms with Gasteiger partial charge in [-0.25, -0.2) is 73.8 Å². The van der Waals surface area contributed by atoms with E-state index in [4.69, 9.17) is 71.9 Å². The summed E-state index contributed by atoms with van der Waals surface area (Å²) in [5.41, 5.74) is 16.8. The summed E-state index contributed by atoms with van der Waals surface area (Å²) in [7, 11) is 4.76.